The predicted octanol–water partition coefficient (Wildman–Crippen LogP) is 7.02. The molecule has 3 aromatic heterocycles. The third kappa shape index (κ3) is 2.42. The Bertz CT molecular complexity index is 1660. The molecule has 0 aliphatic carbocycles. The topological polar surface area (TPSA) is 8.29 Å². The van der Waals surface area contributed by atoms with E-state index in [1.165, 1.54) is 65.7 Å². The number of rotatable bonds is 1. The van der Waals surface area contributed by atoms with Gasteiger partial charge in [-0.05, 0) is 66.0 Å². The molecule has 0 fully saturated rings. The Morgan fingerprint density at radius 3 is 2.39 bits per heavy atom. The fourth-order valence-corrected chi connectivity index (χ4v) is 5.64. The van der Waals surface area contributed by atoms with E-state index < -0.39 is 0 Å². The van der Waals surface area contributed by atoms with E-state index in [2.05, 4.69) is 105 Å². The van der Waals surface area contributed by atoms with E-state index in [9.17, 15) is 0 Å². The van der Waals surface area contributed by atoms with E-state index in [1.54, 1.807) is 0 Å². The molecular weight excluding hydrogens is 376 g/mol. The minimum atomic E-state index is 0.245. The second-order valence-electron chi connectivity index (χ2n) is 10.5. The molecule has 3 heterocycles. The van der Waals surface area contributed by atoms with Crippen LogP contribution in [-0.2, 0) is 13.5 Å². The van der Waals surface area contributed by atoms with E-state index in [0.29, 0.717) is 0 Å². The molecule has 0 atom stereocenters. The zero-order valence-electron chi connectivity index (χ0n) is 19.3. The van der Waals surface area contributed by atoms with Gasteiger partial charge in [0.25, 0.3) is 0 Å². The molecule has 0 radical (unpaired) electrons. The minimum absolute atomic E-state index is 0.245. The maximum absolute atomic E-state index is 2.52. The van der Waals surface area contributed by atoms with Crippen LogP contribution in [0.15, 0.2) is 54.7 Å². The molecule has 0 amide bonds. The maximum atomic E-state index is 2.52. The van der Waals surface area contributed by atoms with Crippen molar-refractivity contribution in [2.45, 2.75) is 41.0 Å². The number of benzene rings is 3. The van der Waals surface area contributed by atoms with Crippen LogP contribution in [0.3, 0.4) is 0 Å². The summed E-state index contributed by atoms with van der Waals surface area (Å²) in [7, 11) is 2.20. The van der Waals surface area contributed by atoms with Crippen molar-refractivity contribution in [3.8, 4) is 0 Å². The first kappa shape index (κ1) is 18.6. The molecule has 2 nitrogen and oxygen atoms in total. The SMILES string of the molecule is Cc1cc2c3ccccc3n3c4ccc(CC(C)(C)C)c5cc[n+](C)c(c(c1C)c23)c54. The summed E-state index contributed by atoms with van der Waals surface area (Å²) in [5.74, 6) is 0. The van der Waals surface area contributed by atoms with Crippen LogP contribution in [0.1, 0.15) is 37.5 Å². The van der Waals surface area contributed by atoms with Crippen molar-refractivity contribution in [3.05, 3.63) is 71.4 Å². The molecule has 0 aliphatic rings. The highest BCUT2D eigenvalue weighted by Crippen LogP contribution is 2.42. The summed E-state index contributed by atoms with van der Waals surface area (Å²) < 4.78 is 4.84. The molecule has 6 rings (SSSR count). The molecule has 2 heteroatoms. The van der Waals surface area contributed by atoms with Gasteiger partial charge in [-0.1, -0.05) is 45.0 Å². The molecule has 6 aromatic rings. The zero-order valence-corrected chi connectivity index (χ0v) is 19.3. The largest absolute Gasteiger partial charge is 0.307 e. The van der Waals surface area contributed by atoms with Crippen molar-refractivity contribution in [3.63, 3.8) is 0 Å². The Kier molecular flexibility index (Phi) is 3.59. The zero-order chi connectivity index (χ0) is 21.7. The number of para-hydroxylation sites is 1. The third-order valence-corrected chi connectivity index (χ3v) is 7.04. The highest BCUT2D eigenvalue weighted by molar-refractivity contribution is 6.26. The highest BCUT2D eigenvalue weighted by atomic mass is 15.0. The molecule has 0 aliphatic heterocycles. The lowest BCUT2D eigenvalue weighted by Crippen LogP contribution is -2.29. The molecule has 31 heavy (non-hydrogen) atoms. The number of fused-ring (bicyclic) bond motifs is 5. The molecule has 0 N–H and O–H groups in total. The summed E-state index contributed by atoms with van der Waals surface area (Å²) in [4.78, 5) is 0. The van der Waals surface area contributed by atoms with Crippen LogP contribution in [0.2, 0.25) is 0 Å². The number of aryl methyl sites for hydroxylation is 3. The fourth-order valence-electron chi connectivity index (χ4n) is 5.64. The first-order valence-corrected chi connectivity index (χ1v) is 11.2. The molecule has 0 spiro atoms. The molecule has 0 bridgehead atoms. The summed E-state index contributed by atoms with van der Waals surface area (Å²) >= 11 is 0. The van der Waals surface area contributed by atoms with Gasteiger partial charge in [0.2, 0.25) is 5.52 Å². The van der Waals surface area contributed by atoms with E-state index in [-0.39, 0.29) is 5.41 Å². The second-order valence-corrected chi connectivity index (χ2v) is 10.5. The van der Waals surface area contributed by atoms with Gasteiger partial charge >= 0.3 is 0 Å². The quantitative estimate of drug-likeness (QED) is 0.158. The van der Waals surface area contributed by atoms with E-state index >= 15 is 0 Å². The van der Waals surface area contributed by atoms with Crippen LogP contribution < -0.4 is 4.57 Å². The number of pyridine rings is 2. The van der Waals surface area contributed by atoms with Gasteiger partial charge in [-0.15, -0.1) is 0 Å². The summed E-state index contributed by atoms with van der Waals surface area (Å²) in [5.41, 5.74) is 9.73. The Morgan fingerprint density at radius 2 is 1.61 bits per heavy atom. The van der Waals surface area contributed by atoms with Crippen LogP contribution >= 0.6 is 0 Å². The van der Waals surface area contributed by atoms with Crippen LogP contribution in [0.25, 0.3) is 49.0 Å². The van der Waals surface area contributed by atoms with Crippen molar-refractivity contribution in [1.29, 1.82) is 0 Å². The van der Waals surface area contributed by atoms with Crippen LogP contribution in [0, 0.1) is 19.3 Å². The molecular formula is C29H29N2+. The van der Waals surface area contributed by atoms with E-state index in [0.717, 1.165) is 6.42 Å². The maximum Gasteiger partial charge on any atom is 0.224 e. The number of hydrogen-bond donors (Lipinski definition) is 0. The first-order valence-electron chi connectivity index (χ1n) is 11.2. The van der Waals surface area contributed by atoms with Crippen molar-refractivity contribution in [2.24, 2.45) is 12.5 Å². The normalized spacial score (nSPS) is 13.0. The van der Waals surface area contributed by atoms with Crippen LogP contribution in [-0.4, -0.2) is 4.40 Å². The van der Waals surface area contributed by atoms with Crippen molar-refractivity contribution < 1.29 is 4.57 Å². The van der Waals surface area contributed by atoms with Gasteiger partial charge in [0.05, 0.1) is 27.3 Å². The lowest BCUT2D eigenvalue weighted by Gasteiger charge is -2.21. The summed E-state index contributed by atoms with van der Waals surface area (Å²) in [6, 6.07) is 18.3. The average molecular weight is 406 g/mol. The lowest BCUT2D eigenvalue weighted by molar-refractivity contribution is -0.643. The first-order chi connectivity index (χ1) is 14.8. The number of hydrogen-bond acceptors (Lipinski definition) is 0. The summed E-state index contributed by atoms with van der Waals surface area (Å²) in [5, 5.41) is 6.85. The van der Waals surface area contributed by atoms with Crippen molar-refractivity contribution >= 4 is 49.0 Å². The fraction of sp³-hybridized carbons (Fsp3) is 0.276. The average Bonchev–Trinajstić information content (AvgIpc) is 3.04. The van der Waals surface area contributed by atoms with Crippen molar-refractivity contribution in [2.75, 3.05) is 0 Å². The predicted molar refractivity (Wildman–Crippen MR) is 132 cm³/mol. The van der Waals surface area contributed by atoms with Gasteiger partial charge < -0.3 is 4.40 Å². The molecule has 0 unspecified atom stereocenters. The smallest absolute Gasteiger partial charge is 0.224 e. The van der Waals surface area contributed by atoms with Gasteiger partial charge in [0.1, 0.15) is 7.05 Å². The summed E-state index contributed by atoms with van der Waals surface area (Å²) in [6.45, 7) is 11.5. The molecule has 0 saturated carbocycles. The Hall–Kier alpha value is -3.13. The Morgan fingerprint density at radius 1 is 0.839 bits per heavy atom. The van der Waals surface area contributed by atoms with Crippen LogP contribution in [0.5, 0.6) is 0 Å². The molecule has 0 saturated heterocycles. The Labute approximate surface area is 183 Å². The number of aromatic nitrogens is 2. The second kappa shape index (κ2) is 5.97. The Balaban J connectivity index is 1.99. The summed E-state index contributed by atoms with van der Waals surface area (Å²) in [6.07, 6.45) is 3.32. The highest BCUT2D eigenvalue weighted by Gasteiger charge is 2.26. The minimum Gasteiger partial charge on any atom is -0.307 e. The van der Waals surface area contributed by atoms with Crippen molar-refractivity contribution in [1.82, 2.24) is 4.40 Å². The van der Waals surface area contributed by atoms with Gasteiger partial charge in [0.15, 0.2) is 6.20 Å². The van der Waals surface area contributed by atoms with Crippen LogP contribution in [0.4, 0.5) is 0 Å². The lowest BCUT2D eigenvalue weighted by atomic mass is 9.85. The van der Waals surface area contributed by atoms with E-state index in [4.69, 9.17) is 0 Å². The van der Waals surface area contributed by atoms with Gasteiger partial charge in [-0.3, -0.25) is 0 Å². The standard InChI is InChI=1S/C29H29N2/c1-17-15-22-21-9-7-8-10-23(21)31-24-12-11-19(16-29(3,4)5)20-13-14-30(6)28(26(20)24)25(18(17)2)27(22)31/h7-15H,16H2,1-6H3/q+1. The monoisotopic (exact) mass is 405 g/mol. The number of nitrogens with zero attached hydrogens (tertiary/aromatic N) is 2. The van der Waals surface area contributed by atoms with Gasteiger partial charge in [-0.2, -0.15) is 0 Å². The third-order valence-electron chi connectivity index (χ3n) is 7.04. The molecule has 154 valence electrons. The van der Waals surface area contributed by atoms with E-state index in [1.807, 2.05) is 0 Å². The van der Waals surface area contributed by atoms with Gasteiger partial charge in [-0.25, -0.2) is 4.57 Å². The molecule has 3 aromatic carbocycles. The van der Waals surface area contributed by atoms with Gasteiger partial charge in [0, 0.05) is 16.8 Å².